The highest BCUT2D eigenvalue weighted by molar-refractivity contribution is 7.17. The summed E-state index contributed by atoms with van der Waals surface area (Å²) >= 11 is 0. The van der Waals surface area contributed by atoms with E-state index in [0.29, 0.717) is 0 Å². The molecule has 3 nitrogen and oxygen atoms in total. The minimum absolute atomic E-state index is 0.865. The Bertz CT molecular complexity index is 4220. The van der Waals surface area contributed by atoms with Crippen molar-refractivity contribution in [3.63, 3.8) is 0 Å². The van der Waals surface area contributed by atoms with Crippen molar-refractivity contribution in [2.45, 2.75) is 0 Å². The quantitative estimate of drug-likeness (QED) is 0.0746. The Labute approximate surface area is 392 Å². The van der Waals surface area contributed by atoms with Crippen LogP contribution in [-0.4, -0.2) is 12.6 Å². The number of fused-ring (bicyclic) bond motifs is 11. The first-order chi connectivity index (χ1) is 33.7. The van der Waals surface area contributed by atoms with E-state index in [4.69, 9.17) is 8.83 Å². The number of benzene rings is 11. The Kier molecular flexibility index (Phi) is 8.52. The van der Waals surface area contributed by atoms with Gasteiger partial charge in [-0.2, -0.15) is 0 Å². The van der Waals surface area contributed by atoms with Crippen molar-refractivity contribution >= 4 is 111 Å². The monoisotopic (exact) mass is 881 g/mol. The Morgan fingerprint density at radius 1 is 0.309 bits per heavy atom. The number of rotatable bonds is 5. The lowest BCUT2D eigenvalue weighted by atomic mass is 9.94. The zero-order valence-electron chi connectivity index (χ0n) is 36.8. The molecule has 11 aromatic carbocycles. The van der Waals surface area contributed by atoms with Gasteiger partial charge in [0.1, 0.15) is 22.3 Å². The maximum atomic E-state index is 6.44. The van der Waals surface area contributed by atoms with Crippen molar-refractivity contribution in [1.82, 2.24) is 4.57 Å². The fourth-order valence-corrected chi connectivity index (χ4v) is 14.8. The average Bonchev–Trinajstić information content (AvgIpc) is 4.08. The Morgan fingerprint density at radius 2 is 0.779 bits per heavy atom. The molecule has 0 fully saturated rings. The molecule has 0 spiro atoms. The van der Waals surface area contributed by atoms with Crippen LogP contribution in [0.25, 0.3) is 104 Å². The van der Waals surface area contributed by atoms with Gasteiger partial charge in [-0.05, 0) is 81.3 Å². The van der Waals surface area contributed by atoms with Gasteiger partial charge >= 0.3 is 0 Å². The van der Waals surface area contributed by atoms with Crippen LogP contribution in [-0.2, 0) is 0 Å². The van der Waals surface area contributed by atoms with Crippen molar-refractivity contribution in [2.75, 3.05) is 0 Å². The molecule has 0 bridgehead atoms. The molecule has 3 heterocycles. The minimum atomic E-state index is -3.26. The summed E-state index contributed by atoms with van der Waals surface area (Å²) in [6.07, 6.45) is 0. The molecule has 0 aliphatic carbocycles. The van der Waals surface area contributed by atoms with E-state index in [2.05, 4.69) is 240 Å². The number of para-hydroxylation sites is 3. The SMILES string of the molecule is C(#C[Si](c1ccccc1)(c1ccc2oc3ccccc3c2c1)c1ccc2oc3ccccc3c2c1)c1c2ccccc2c(-n2c3ccccc3c3cc(-c4ccccc4)ccc32)c2ccccc12. The van der Waals surface area contributed by atoms with Crippen LogP contribution in [0.5, 0.6) is 0 Å². The topological polar surface area (TPSA) is 31.2 Å². The molecular weight excluding hydrogens is 843 g/mol. The van der Waals surface area contributed by atoms with Gasteiger partial charge in [0, 0.05) is 59.4 Å². The van der Waals surface area contributed by atoms with Crippen molar-refractivity contribution in [3.8, 4) is 28.3 Å². The Balaban J connectivity index is 1.08. The molecule has 4 heteroatoms. The molecule has 0 amide bonds. The van der Waals surface area contributed by atoms with Crippen LogP contribution in [0.2, 0.25) is 0 Å². The number of hydrogen-bond acceptors (Lipinski definition) is 2. The second-order valence-corrected chi connectivity index (χ2v) is 21.2. The van der Waals surface area contributed by atoms with Gasteiger partial charge in [0.05, 0.1) is 16.7 Å². The van der Waals surface area contributed by atoms with Crippen molar-refractivity contribution in [2.24, 2.45) is 0 Å². The Morgan fingerprint density at radius 3 is 1.38 bits per heavy atom. The molecule has 0 unspecified atom stereocenters. The van der Waals surface area contributed by atoms with E-state index in [1.165, 1.54) is 48.5 Å². The molecule has 0 atom stereocenters. The van der Waals surface area contributed by atoms with E-state index in [9.17, 15) is 0 Å². The lowest BCUT2D eigenvalue weighted by Crippen LogP contribution is -2.66. The predicted octanol–water partition coefficient (Wildman–Crippen LogP) is 14.6. The molecule has 0 radical (unpaired) electrons. The second-order valence-electron chi connectivity index (χ2n) is 17.7. The molecule has 0 aliphatic rings. The van der Waals surface area contributed by atoms with Crippen molar-refractivity contribution in [3.05, 3.63) is 242 Å². The third-order valence-electron chi connectivity index (χ3n) is 14.1. The number of furan rings is 2. The summed E-state index contributed by atoms with van der Waals surface area (Å²) in [6, 6.07) is 85.3. The highest BCUT2D eigenvalue weighted by Gasteiger charge is 2.40. The van der Waals surface area contributed by atoms with E-state index >= 15 is 0 Å². The van der Waals surface area contributed by atoms with E-state index in [1.54, 1.807) is 0 Å². The van der Waals surface area contributed by atoms with Gasteiger partial charge in [0.15, 0.2) is 0 Å². The van der Waals surface area contributed by atoms with E-state index in [0.717, 1.165) is 76.7 Å². The summed E-state index contributed by atoms with van der Waals surface area (Å²) in [7, 11) is -3.26. The average molecular weight is 882 g/mol. The summed E-state index contributed by atoms with van der Waals surface area (Å²) in [5.41, 5.74) is 14.6. The Hall–Kier alpha value is -8.88. The van der Waals surface area contributed by atoms with Gasteiger partial charge in [-0.3, -0.25) is 0 Å². The predicted molar refractivity (Wildman–Crippen MR) is 287 cm³/mol. The van der Waals surface area contributed by atoms with Gasteiger partial charge in [-0.25, -0.2) is 0 Å². The third-order valence-corrected chi connectivity index (χ3v) is 18.2. The molecule has 0 N–H and O–H groups in total. The summed E-state index contributed by atoms with van der Waals surface area (Å²) in [6.45, 7) is 0. The smallest absolute Gasteiger partial charge is 0.230 e. The van der Waals surface area contributed by atoms with Crippen LogP contribution in [0.3, 0.4) is 0 Å². The van der Waals surface area contributed by atoms with Gasteiger partial charge in [-0.1, -0.05) is 188 Å². The molecule has 316 valence electrons. The molecule has 68 heavy (non-hydrogen) atoms. The summed E-state index contributed by atoms with van der Waals surface area (Å²) < 4.78 is 15.4. The van der Waals surface area contributed by atoms with Crippen LogP contribution in [0.1, 0.15) is 5.56 Å². The first-order valence-corrected chi connectivity index (χ1v) is 25.2. The number of hydrogen-bond donors (Lipinski definition) is 0. The molecule has 0 saturated heterocycles. The molecule has 0 saturated carbocycles. The van der Waals surface area contributed by atoms with E-state index in [1.807, 2.05) is 12.1 Å². The van der Waals surface area contributed by atoms with Crippen LogP contribution >= 0.6 is 0 Å². The normalized spacial score (nSPS) is 12.0. The van der Waals surface area contributed by atoms with Crippen molar-refractivity contribution in [1.29, 1.82) is 0 Å². The molecule has 14 aromatic rings. The first-order valence-electron chi connectivity index (χ1n) is 23.2. The molecular formula is C64H39NO2Si. The summed E-state index contributed by atoms with van der Waals surface area (Å²) in [4.78, 5) is 0. The number of nitrogens with zero attached hydrogens (tertiary/aromatic N) is 1. The van der Waals surface area contributed by atoms with Crippen LogP contribution < -0.4 is 15.6 Å². The van der Waals surface area contributed by atoms with Gasteiger partial charge in [0.25, 0.3) is 0 Å². The van der Waals surface area contributed by atoms with Gasteiger partial charge < -0.3 is 13.4 Å². The van der Waals surface area contributed by atoms with E-state index < -0.39 is 8.07 Å². The van der Waals surface area contributed by atoms with Crippen LogP contribution in [0.4, 0.5) is 0 Å². The van der Waals surface area contributed by atoms with E-state index in [-0.39, 0.29) is 0 Å². The summed E-state index contributed by atoms with van der Waals surface area (Å²) in [5, 5.41) is 14.9. The third kappa shape index (κ3) is 5.73. The molecule has 0 aliphatic heterocycles. The zero-order chi connectivity index (χ0) is 44.8. The summed E-state index contributed by atoms with van der Waals surface area (Å²) in [5.74, 6) is 4.05. The molecule has 3 aromatic heterocycles. The minimum Gasteiger partial charge on any atom is -0.456 e. The molecule has 14 rings (SSSR count). The second kappa shape index (κ2) is 15.1. The lowest BCUT2D eigenvalue weighted by Gasteiger charge is -2.28. The highest BCUT2D eigenvalue weighted by atomic mass is 28.3. The van der Waals surface area contributed by atoms with Crippen LogP contribution in [0, 0.1) is 11.5 Å². The number of aromatic nitrogens is 1. The standard InChI is InChI=1S/C64H39NO2Si/c1-3-17-42(18-4-1)43-31-34-59-55(39-43)50-23-11-14-28-58(50)65(59)64-53-26-9-7-21-47(53)49(48-22-8-10-27-54(48)64)37-38-68(44-19-5-2-6-20-44,45-32-35-62-56(40-45)51-24-12-15-29-60(51)66-62)46-33-36-63-57(41-46)52-25-13-16-30-61(52)67-63/h1-36,39-41H. The maximum absolute atomic E-state index is 6.44. The van der Waals surface area contributed by atoms with Crippen LogP contribution in [0.15, 0.2) is 245 Å². The maximum Gasteiger partial charge on any atom is 0.230 e. The zero-order valence-corrected chi connectivity index (χ0v) is 37.8. The first kappa shape index (κ1) is 38.4. The fourth-order valence-electron chi connectivity index (χ4n) is 11.0. The van der Waals surface area contributed by atoms with Gasteiger partial charge in [-0.15, -0.1) is 5.54 Å². The van der Waals surface area contributed by atoms with Gasteiger partial charge in [0.2, 0.25) is 8.07 Å². The largest absolute Gasteiger partial charge is 0.456 e. The highest BCUT2D eigenvalue weighted by Crippen LogP contribution is 2.42. The van der Waals surface area contributed by atoms with Crippen molar-refractivity contribution < 1.29 is 8.83 Å². The lowest BCUT2D eigenvalue weighted by molar-refractivity contribution is 0.668. The fraction of sp³-hybridized carbons (Fsp3) is 0.